The van der Waals surface area contributed by atoms with Crippen molar-refractivity contribution >= 4 is 11.8 Å². The van der Waals surface area contributed by atoms with E-state index < -0.39 is 0 Å². The van der Waals surface area contributed by atoms with Gasteiger partial charge >= 0.3 is 0 Å². The Morgan fingerprint density at radius 2 is 1.76 bits per heavy atom. The number of carbonyl (C=O) groups excluding carboxylic acids is 2. The molecule has 21 heavy (non-hydrogen) atoms. The quantitative estimate of drug-likeness (QED) is 0.830. The number of amides is 2. The van der Waals surface area contributed by atoms with E-state index in [0.717, 1.165) is 51.7 Å². The number of likely N-dealkylation sites (tertiary alicyclic amines) is 2. The average molecular weight is 295 g/mol. The Balaban J connectivity index is 1.88. The predicted octanol–water partition coefficient (Wildman–Crippen LogP) is 1.24. The third-order valence-electron chi connectivity index (χ3n) is 4.37. The third kappa shape index (κ3) is 4.70. The first kappa shape index (κ1) is 16.3. The summed E-state index contributed by atoms with van der Waals surface area (Å²) >= 11 is 0. The lowest BCUT2D eigenvalue weighted by Gasteiger charge is -2.36. The Bertz CT molecular complexity index is 365. The van der Waals surface area contributed by atoms with Crippen molar-refractivity contribution in [3.63, 3.8) is 0 Å². The van der Waals surface area contributed by atoms with Crippen LogP contribution >= 0.6 is 0 Å². The zero-order valence-corrected chi connectivity index (χ0v) is 13.4. The highest BCUT2D eigenvalue weighted by Crippen LogP contribution is 2.20. The third-order valence-corrected chi connectivity index (χ3v) is 4.37. The Labute approximate surface area is 128 Å². The summed E-state index contributed by atoms with van der Waals surface area (Å²) in [7, 11) is 0. The molecule has 2 aliphatic heterocycles. The molecule has 1 atom stereocenters. The van der Waals surface area contributed by atoms with Crippen molar-refractivity contribution < 1.29 is 9.59 Å². The molecule has 0 aromatic carbocycles. The molecule has 0 aromatic heterocycles. The lowest BCUT2D eigenvalue weighted by molar-refractivity contribution is -0.138. The van der Waals surface area contributed by atoms with Crippen molar-refractivity contribution in [2.24, 2.45) is 5.92 Å². The molecule has 2 amide bonds. The van der Waals surface area contributed by atoms with E-state index in [1.807, 2.05) is 4.90 Å². The predicted molar refractivity (Wildman–Crippen MR) is 82.9 cm³/mol. The summed E-state index contributed by atoms with van der Waals surface area (Å²) in [4.78, 5) is 28.7. The molecule has 2 saturated heterocycles. The molecule has 1 N–H and O–H groups in total. The second-order valence-corrected chi connectivity index (χ2v) is 6.71. The molecular weight excluding hydrogens is 266 g/mol. The van der Waals surface area contributed by atoms with Crippen LogP contribution in [-0.2, 0) is 9.59 Å². The van der Waals surface area contributed by atoms with Gasteiger partial charge in [-0.1, -0.05) is 20.3 Å². The summed E-state index contributed by atoms with van der Waals surface area (Å²) in [5.74, 6) is 0.742. The summed E-state index contributed by atoms with van der Waals surface area (Å²) in [6.07, 6.45) is 5.31. The van der Waals surface area contributed by atoms with Crippen molar-refractivity contribution in [2.75, 3.05) is 32.7 Å². The molecule has 0 aromatic rings. The summed E-state index contributed by atoms with van der Waals surface area (Å²) < 4.78 is 0. The van der Waals surface area contributed by atoms with E-state index in [4.69, 9.17) is 0 Å². The highest BCUT2D eigenvalue weighted by Gasteiger charge is 2.33. The van der Waals surface area contributed by atoms with Gasteiger partial charge in [-0.2, -0.15) is 0 Å². The van der Waals surface area contributed by atoms with Gasteiger partial charge < -0.3 is 10.2 Å². The van der Waals surface area contributed by atoms with Crippen LogP contribution in [0.15, 0.2) is 0 Å². The Morgan fingerprint density at radius 3 is 2.43 bits per heavy atom. The molecule has 2 fully saturated rings. The Kier molecular flexibility index (Phi) is 6.03. The van der Waals surface area contributed by atoms with Gasteiger partial charge in [0.2, 0.25) is 11.8 Å². The molecule has 120 valence electrons. The van der Waals surface area contributed by atoms with Crippen molar-refractivity contribution in [1.29, 1.82) is 0 Å². The SMILES string of the molecule is CC(C)CNC(=O)CN1CCCC[C@H]1C(=O)N1CCCC1. The van der Waals surface area contributed by atoms with Crippen LogP contribution in [0.5, 0.6) is 0 Å². The van der Waals surface area contributed by atoms with Gasteiger partial charge in [0.05, 0.1) is 12.6 Å². The summed E-state index contributed by atoms with van der Waals surface area (Å²) in [5.41, 5.74) is 0. The van der Waals surface area contributed by atoms with E-state index in [0.29, 0.717) is 19.0 Å². The fourth-order valence-corrected chi connectivity index (χ4v) is 3.17. The summed E-state index contributed by atoms with van der Waals surface area (Å²) in [5, 5.41) is 2.95. The minimum atomic E-state index is -0.0818. The van der Waals surface area contributed by atoms with Crippen LogP contribution in [0.25, 0.3) is 0 Å². The molecule has 2 heterocycles. The van der Waals surface area contributed by atoms with Gasteiger partial charge in [-0.25, -0.2) is 0 Å². The van der Waals surface area contributed by atoms with E-state index >= 15 is 0 Å². The van der Waals surface area contributed by atoms with Crippen LogP contribution in [0.2, 0.25) is 0 Å². The van der Waals surface area contributed by atoms with Crippen LogP contribution < -0.4 is 5.32 Å². The van der Waals surface area contributed by atoms with Gasteiger partial charge in [-0.05, 0) is 38.1 Å². The number of nitrogens with one attached hydrogen (secondary N) is 1. The first-order valence-electron chi connectivity index (χ1n) is 8.37. The number of piperidine rings is 1. The van der Waals surface area contributed by atoms with E-state index in [9.17, 15) is 9.59 Å². The minimum Gasteiger partial charge on any atom is -0.355 e. The molecule has 5 heteroatoms. The normalized spacial score (nSPS) is 23.6. The van der Waals surface area contributed by atoms with Crippen molar-refractivity contribution in [2.45, 2.75) is 52.0 Å². The summed E-state index contributed by atoms with van der Waals surface area (Å²) in [6.45, 7) is 7.88. The lowest BCUT2D eigenvalue weighted by Crippen LogP contribution is -2.53. The second kappa shape index (κ2) is 7.78. The number of carbonyl (C=O) groups is 2. The fraction of sp³-hybridized carbons (Fsp3) is 0.875. The monoisotopic (exact) mass is 295 g/mol. The topological polar surface area (TPSA) is 52.7 Å². The van der Waals surface area contributed by atoms with Crippen molar-refractivity contribution in [1.82, 2.24) is 15.1 Å². The molecular formula is C16H29N3O2. The maximum atomic E-state index is 12.6. The summed E-state index contributed by atoms with van der Waals surface area (Å²) in [6, 6.07) is -0.0818. The number of rotatable bonds is 5. The van der Waals surface area contributed by atoms with E-state index in [1.165, 1.54) is 0 Å². The smallest absolute Gasteiger partial charge is 0.239 e. The van der Waals surface area contributed by atoms with Gasteiger partial charge in [-0.15, -0.1) is 0 Å². The van der Waals surface area contributed by atoms with E-state index in [2.05, 4.69) is 24.1 Å². The first-order chi connectivity index (χ1) is 10.1. The largest absolute Gasteiger partial charge is 0.355 e. The maximum absolute atomic E-state index is 12.6. The average Bonchev–Trinajstić information content (AvgIpc) is 2.99. The van der Waals surface area contributed by atoms with Gasteiger partial charge in [0.25, 0.3) is 0 Å². The first-order valence-corrected chi connectivity index (χ1v) is 8.37. The molecule has 0 saturated carbocycles. The molecule has 0 spiro atoms. The number of hydrogen-bond donors (Lipinski definition) is 1. The molecule has 0 radical (unpaired) electrons. The lowest BCUT2D eigenvalue weighted by atomic mass is 10.0. The zero-order valence-electron chi connectivity index (χ0n) is 13.4. The second-order valence-electron chi connectivity index (χ2n) is 6.71. The highest BCUT2D eigenvalue weighted by atomic mass is 16.2. The fourth-order valence-electron chi connectivity index (χ4n) is 3.17. The molecule has 0 unspecified atom stereocenters. The van der Waals surface area contributed by atoms with Crippen LogP contribution in [0.4, 0.5) is 0 Å². The Hall–Kier alpha value is -1.10. The number of nitrogens with zero attached hydrogens (tertiary/aromatic N) is 2. The standard InChI is InChI=1S/C16H29N3O2/c1-13(2)11-17-15(20)12-19-10-4-3-7-14(19)16(21)18-8-5-6-9-18/h13-14H,3-12H2,1-2H3,(H,17,20)/t14-/m0/s1. The van der Waals surface area contributed by atoms with Crippen LogP contribution in [-0.4, -0.2) is 60.4 Å². The van der Waals surface area contributed by atoms with Gasteiger partial charge in [0.1, 0.15) is 0 Å². The van der Waals surface area contributed by atoms with Crippen LogP contribution in [0, 0.1) is 5.92 Å². The van der Waals surface area contributed by atoms with Crippen LogP contribution in [0.1, 0.15) is 46.0 Å². The van der Waals surface area contributed by atoms with Crippen molar-refractivity contribution in [3.8, 4) is 0 Å². The van der Waals surface area contributed by atoms with Crippen molar-refractivity contribution in [3.05, 3.63) is 0 Å². The zero-order chi connectivity index (χ0) is 15.2. The molecule has 2 rings (SSSR count). The minimum absolute atomic E-state index is 0.0461. The van der Waals surface area contributed by atoms with Gasteiger partial charge in [0, 0.05) is 19.6 Å². The Morgan fingerprint density at radius 1 is 1.10 bits per heavy atom. The molecule has 5 nitrogen and oxygen atoms in total. The van der Waals surface area contributed by atoms with E-state index in [1.54, 1.807) is 0 Å². The maximum Gasteiger partial charge on any atom is 0.239 e. The van der Waals surface area contributed by atoms with Gasteiger partial charge in [-0.3, -0.25) is 14.5 Å². The molecule has 0 bridgehead atoms. The van der Waals surface area contributed by atoms with Crippen LogP contribution in [0.3, 0.4) is 0 Å². The van der Waals surface area contributed by atoms with E-state index in [-0.39, 0.29) is 17.9 Å². The number of hydrogen-bond acceptors (Lipinski definition) is 3. The molecule has 2 aliphatic rings. The molecule has 0 aliphatic carbocycles. The highest BCUT2D eigenvalue weighted by molar-refractivity contribution is 5.84. The van der Waals surface area contributed by atoms with Gasteiger partial charge in [0.15, 0.2) is 0 Å².